The van der Waals surface area contributed by atoms with Crippen LogP contribution in [0.4, 0.5) is 9.18 Å². The summed E-state index contributed by atoms with van der Waals surface area (Å²) in [6.07, 6.45) is -0.696. The lowest BCUT2D eigenvalue weighted by Gasteiger charge is -2.33. The molecule has 1 atom stereocenters. The summed E-state index contributed by atoms with van der Waals surface area (Å²) in [5.41, 5.74) is 6.34. The van der Waals surface area contributed by atoms with Crippen LogP contribution in [0.25, 0.3) is 0 Å². The third-order valence-corrected chi connectivity index (χ3v) is 5.61. The number of urea groups is 1. The molecule has 2 amide bonds. The number of carbonyl (C=O) groups is 1. The Labute approximate surface area is 133 Å². The Bertz CT molecular complexity index is 779. The monoisotopic (exact) mass is 347 g/mol. The van der Waals surface area contributed by atoms with Gasteiger partial charge in [0.1, 0.15) is 6.17 Å². The van der Waals surface area contributed by atoms with Crippen LogP contribution >= 0.6 is 11.6 Å². The Morgan fingerprint density at radius 1 is 1.27 bits per heavy atom. The lowest BCUT2D eigenvalue weighted by Crippen LogP contribution is -2.53. The lowest BCUT2D eigenvalue weighted by atomic mass is 10.2. The second kappa shape index (κ2) is 5.53. The van der Waals surface area contributed by atoms with E-state index in [1.807, 2.05) is 0 Å². The van der Waals surface area contributed by atoms with Crippen molar-refractivity contribution in [3.63, 3.8) is 0 Å². The van der Waals surface area contributed by atoms with Gasteiger partial charge in [-0.05, 0) is 37.1 Å². The van der Waals surface area contributed by atoms with Gasteiger partial charge in [0.15, 0.2) is 5.83 Å². The lowest BCUT2D eigenvalue weighted by molar-refractivity contribution is 0.171. The summed E-state index contributed by atoms with van der Waals surface area (Å²) in [7, 11) is -3.03. The molecule has 2 rings (SSSR count). The molecule has 0 aliphatic carbocycles. The first kappa shape index (κ1) is 16.7. The Kier molecular flexibility index (Phi) is 4.20. The highest BCUT2D eigenvalue weighted by Crippen LogP contribution is 2.29. The second-order valence-corrected chi connectivity index (χ2v) is 7.21. The Balaban J connectivity index is 2.61. The fraction of sp³-hybridized carbons (Fsp3) is 0.308. The molecular formula is C13H15ClFN3O3S. The van der Waals surface area contributed by atoms with Gasteiger partial charge in [0, 0.05) is 12.1 Å². The fourth-order valence-corrected chi connectivity index (χ4v) is 3.81. The van der Waals surface area contributed by atoms with Gasteiger partial charge in [-0.1, -0.05) is 11.6 Å². The van der Waals surface area contributed by atoms with Crippen LogP contribution in [-0.4, -0.2) is 36.9 Å². The van der Waals surface area contributed by atoms with Crippen LogP contribution in [-0.2, 0) is 10.0 Å². The number of carbonyl (C=O) groups excluding carboxylic acids is 1. The van der Waals surface area contributed by atoms with Gasteiger partial charge in [0.2, 0.25) is 0 Å². The molecule has 0 saturated carbocycles. The first-order valence-electron chi connectivity index (χ1n) is 6.28. The molecule has 1 aromatic carbocycles. The van der Waals surface area contributed by atoms with E-state index in [1.54, 1.807) is 13.8 Å². The average Bonchev–Trinajstić information content (AvgIpc) is 2.44. The zero-order valence-corrected chi connectivity index (χ0v) is 13.7. The summed E-state index contributed by atoms with van der Waals surface area (Å²) >= 11 is 5.94. The SMILES string of the molecule is Cc1cc(S(=O)(=O)N2C=C(F)C(N)N(C)C2=O)c(C)cc1Cl. The average molecular weight is 348 g/mol. The van der Waals surface area contributed by atoms with Crippen molar-refractivity contribution >= 4 is 27.7 Å². The summed E-state index contributed by atoms with van der Waals surface area (Å²) < 4.78 is 39.4. The van der Waals surface area contributed by atoms with Gasteiger partial charge in [-0.25, -0.2) is 17.6 Å². The molecule has 1 aliphatic rings. The first-order valence-corrected chi connectivity index (χ1v) is 8.10. The number of benzene rings is 1. The number of nitrogens with zero attached hydrogens (tertiary/aromatic N) is 2. The van der Waals surface area contributed by atoms with Crippen LogP contribution in [0.3, 0.4) is 0 Å². The van der Waals surface area contributed by atoms with Crippen LogP contribution < -0.4 is 5.73 Å². The molecular weight excluding hydrogens is 333 g/mol. The number of likely N-dealkylation sites (N-methyl/N-ethyl adjacent to an activating group) is 1. The highest BCUT2D eigenvalue weighted by atomic mass is 35.5. The van der Waals surface area contributed by atoms with Crippen molar-refractivity contribution in [3.05, 3.63) is 40.3 Å². The van der Waals surface area contributed by atoms with E-state index in [4.69, 9.17) is 17.3 Å². The molecule has 120 valence electrons. The van der Waals surface area contributed by atoms with Crippen molar-refractivity contribution in [1.29, 1.82) is 0 Å². The van der Waals surface area contributed by atoms with Crippen LogP contribution in [0.1, 0.15) is 11.1 Å². The van der Waals surface area contributed by atoms with E-state index < -0.39 is 28.0 Å². The maximum absolute atomic E-state index is 13.8. The molecule has 0 aromatic heterocycles. The zero-order valence-electron chi connectivity index (χ0n) is 12.2. The summed E-state index contributed by atoms with van der Waals surface area (Å²) in [5.74, 6) is -0.922. The fourth-order valence-electron chi connectivity index (χ4n) is 2.01. The minimum absolute atomic E-state index is 0.115. The van der Waals surface area contributed by atoms with Crippen molar-refractivity contribution < 1.29 is 17.6 Å². The maximum Gasteiger partial charge on any atom is 0.339 e. The Hall–Kier alpha value is -1.64. The van der Waals surface area contributed by atoms with Gasteiger partial charge in [0.05, 0.1) is 11.1 Å². The van der Waals surface area contributed by atoms with Gasteiger partial charge >= 0.3 is 6.03 Å². The molecule has 1 heterocycles. The zero-order chi connectivity index (χ0) is 16.8. The minimum atomic E-state index is -4.26. The molecule has 2 N–H and O–H groups in total. The molecule has 9 heteroatoms. The van der Waals surface area contributed by atoms with Gasteiger partial charge in [-0.15, -0.1) is 0 Å². The molecule has 0 saturated heterocycles. The predicted molar refractivity (Wildman–Crippen MR) is 80.3 cm³/mol. The largest absolute Gasteiger partial charge is 0.339 e. The van der Waals surface area contributed by atoms with E-state index in [0.717, 1.165) is 4.90 Å². The smallest absolute Gasteiger partial charge is 0.305 e. The number of hydrogen-bond acceptors (Lipinski definition) is 4. The molecule has 1 aromatic rings. The van der Waals surface area contributed by atoms with Crippen molar-refractivity contribution in [2.75, 3.05) is 7.05 Å². The molecule has 0 spiro atoms. The third-order valence-electron chi connectivity index (χ3n) is 3.42. The quantitative estimate of drug-likeness (QED) is 0.888. The Morgan fingerprint density at radius 2 is 1.86 bits per heavy atom. The van der Waals surface area contributed by atoms with E-state index in [9.17, 15) is 17.6 Å². The van der Waals surface area contributed by atoms with Crippen molar-refractivity contribution in [2.45, 2.75) is 24.9 Å². The van der Waals surface area contributed by atoms with E-state index >= 15 is 0 Å². The second-order valence-electron chi connectivity index (χ2n) is 5.02. The van der Waals surface area contributed by atoms with E-state index in [2.05, 4.69) is 0 Å². The topological polar surface area (TPSA) is 83.7 Å². The van der Waals surface area contributed by atoms with Gasteiger partial charge in [-0.2, -0.15) is 4.31 Å². The summed E-state index contributed by atoms with van der Waals surface area (Å²) in [6.45, 7) is 3.18. The number of halogens is 2. The molecule has 6 nitrogen and oxygen atoms in total. The minimum Gasteiger partial charge on any atom is -0.305 e. The molecule has 1 aliphatic heterocycles. The first-order chi connectivity index (χ1) is 10.1. The van der Waals surface area contributed by atoms with Gasteiger partial charge < -0.3 is 10.6 Å². The van der Waals surface area contributed by atoms with Crippen LogP contribution in [0.15, 0.2) is 29.1 Å². The maximum atomic E-state index is 13.8. The number of rotatable bonds is 2. The number of sulfonamides is 1. The van der Waals surface area contributed by atoms with Crippen molar-refractivity contribution in [1.82, 2.24) is 9.21 Å². The number of hydrogen-bond donors (Lipinski definition) is 1. The van der Waals surface area contributed by atoms with Crippen LogP contribution in [0.2, 0.25) is 5.02 Å². The Morgan fingerprint density at radius 3 is 2.45 bits per heavy atom. The highest BCUT2D eigenvalue weighted by Gasteiger charge is 2.38. The van der Waals surface area contributed by atoms with Crippen LogP contribution in [0.5, 0.6) is 0 Å². The molecule has 0 fully saturated rings. The number of amides is 2. The standard InChI is InChI=1S/C13H15ClFN3O3S/c1-7-5-11(8(2)4-9(7)14)22(20,21)18-6-10(15)12(16)17(3)13(18)19/h4-6,12H,16H2,1-3H3. The summed E-state index contributed by atoms with van der Waals surface area (Å²) in [5, 5.41) is 0.405. The summed E-state index contributed by atoms with van der Waals surface area (Å²) in [4.78, 5) is 12.8. The number of nitrogens with two attached hydrogens (primary N) is 1. The van der Waals surface area contributed by atoms with Crippen molar-refractivity contribution in [2.24, 2.45) is 5.73 Å². The molecule has 1 unspecified atom stereocenters. The highest BCUT2D eigenvalue weighted by molar-refractivity contribution is 7.89. The normalized spacial score (nSPS) is 19.5. The predicted octanol–water partition coefficient (Wildman–Crippen LogP) is 2.11. The molecule has 0 bridgehead atoms. The van der Waals surface area contributed by atoms with Crippen molar-refractivity contribution in [3.8, 4) is 0 Å². The van der Waals surface area contributed by atoms with E-state index in [-0.39, 0.29) is 4.90 Å². The van der Waals surface area contributed by atoms with Gasteiger partial charge in [-0.3, -0.25) is 0 Å². The van der Waals surface area contributed by atoms with Gasteiger partial charge in [0.25, 0.3) is 10.0 Å². The van der Waals surface area contributed by atoms with E-state index in [0.29, 0.717) is 26.7 Å². The summed E-state index contributed by atoms with van der Waals surface area (Å²) in [6, 6.07) is 1.90. The van der Waals surface area contributed by atoms with Crippen LogP contribution in [0, 0.1) is 13.8 Å². The number of aryl methyl sites for hydroxylation is 2. The van der Waals surface area contributed by atoms with E-state index in [1.165, 1.54) is 19.2 Å². The molecule has 0 radical (unpaired) electrons. The molecule has 22 heavy (non-hydrogen) atoms. The third kappa shape index (κ3) is 2.57.